The predicted octanol–water partition coefficient (Wildman–Crippen LogP) is 5.73. The van der Waals surface area contributed by atoms with Gasteiger partial charge in [0.15, 0.2) is 11.6 Å². The molecule has 0 saturated carbocycles. The standard InChI is InChI=1S/C26H23N5O2S/c1-16-10-12-19(13-11-16)31-18(3)24(17(2)30-31)28-23(32)15-34-26-20-7-4-5-8-21(20)27-25(29-26)22-9-6-14-33-22/h4-14H,15H2,1-3H3,(H,28,32). The first-order valence-electron chi connectivity index (χ1n) is 10.9. The number of furan rings is 1. The number of rotatable bonds is 6. The maximum Gasteiger partial charge on any atom is 0.234 e. The van der Waals surface area contributed by atoms with E-state index in [-0.39, 0.29) is 11.7 Å². The van der Waals surface area contributed by atoms with Crippen molar-refractivity contribution in [2.45, 2.75) is 25.8 Å². The van der Waals surface area contributed by atoms with Gasteiger partial charge in [0.1, 0.15) is 5.03 Å². The van der Waals surface area contributed by atoms with Crippen LogP contribution in [0.5, 0.6) is 0 Å². The van der Waals surface area contributed by atoms with E-state index in [2.05, 4.69) is 20.4 Å². The fourth-order valence-corrected chi connectivity index (χ4v) is 4.56. The Kier molecular flexibility index (Phi) is 5.90. The van der Waals surface area contributed by atoms with E-state index in [1.807, 2.05) is 80.1 Å². The Morgan fingerprint density at radius 3 is 2.56 bits per heavy atom. The lowest BCUT2D eigenvalue weighted by molar-refractivity contribution is -0.113. The fraction of sp³-hybridized carbons (Fsp3) is 0.154. The number of carbonyl (C=O) groups is 1. The van der Waals surface area contributed by atoms with E-state index in [1.165, 1.54) is 17.3 Å². The molecule has 5 rings (SSSR count). The second-order valence-corrected chi connectivity index (χ2v) is 8.94. The van der Waals surface area contributed by atoms with Crippen molar-refractivity contribution in [3.63, 3.8) is 0 Å². The largest absolute Gasteiger partial charge is 0.461 e. The molecule has 7 nitrogen and oxygen atoms in total. The molecule has 2 aromatic carbocycles. The molecule has 0 radical (unpaired) electrons. The molecule has 1 N–H and O–H groups in total. The third kappa shape index (κ3) is 4.32. The summed E-state index contributed by atoms with van der Waals surface area (Å²) in [6.07, 6.45) is 1.59. The van der Waals surface area contributed by atoms with Gasteiger partial charge in [-0.3, -0.25) is 4.79 Å². The summed E-state index contributed by atoms with van der Waals surface area (Å²) in [4.78, 5) is 22.2. The number of fused-ring (bicyclic) bond motifs is 1. The van der Waals surface area contributed by atoms with Crippen LogP contribution in [0.3, 0.4) is 0 Å². The molecule has 0 fully saturated rings. The van der Waals surface area contributed by atoms with Gasteiger partial charge < -0.3 is 9.73 Å². The van der Waals surface area contributed by atoms with Crippen LogP contribution < -0.4 is 5.32 Å². The summed E-state index contributed by atoms with van der Waals surface area (Å²) in [5, 5.41) is 9.29. The van der Waals surface area contributed by atoms with E-state index in [9.17, 15) is 4.79 Å². The SMILES string of the molecule is Cc1ccc(-n2nc(C)c(NC(=O)CSc3nc(-c4ccco4)nc4ccccc34)c2C)cc1. The van der Waals surface area contributed by atoms with Crippen molar-refractivity contribution < 1.29 is 9.21 Å². The minimum atomic E-state index is -0.123. The maximum atomic E-state index is 12.9. The van der Waals surface area contributed by atoms with Crippen LogP contribution in [-0.2, 0) is 4.79 Å². The van der Waals surface area contributed by atoms with E-state index in [4.69, 9.17) is 4.42 Å². The first-order valence-corrected chi connectivity index (χ1v) is 11.8. The van der Waals surface area contributed by atoms with Crippen LogP contribution in [0.4, 0.5) is 5.69 Å². The minimum Gasteiger partial charge on any atom is -0.461 e. The lowest BCUT2D eigenvalue weighted by atomic mass is 10.2. The summed E-state index contributed by atoms with van der Waals surface area (Å²) in [6, 6.07) is 19.5. The molecule has 8 heteroatoms. The topological polar surface area (TPSA) is 85.8 Å². The van der Waals surface area contributed by atoms with Crippen LogP contribution in [0.2, 0.25) is 0 Å². The summed E-state index contributed by atoms with van der Waals surface area (Å²) in [5.74, 6) is 1.17. The summed E-state index contributed by atoms with van der Waals surface area (Å²) in [6.45, 7) is 5.90. The zero-order chi connectivity index (χ0) is 23.7. The monoisotopic (exact) mass is 469 g/mol. The van der Waals surface area contributed by atoms with Gasteiger partial charge in [-0.25, -0.2) is 14.6 Å². The van der Waals surface area contributed by atoms with Crippen LogP contribution >= 0.6 is 11.8 Å². The highest BCUT2D eigenvalue weighted by molar-refractivity contribution is 8.00. The van der Waals surface area contributed by atoms with Gasteiger partial charge in [-0.1, -0.05) is 47.7 Å². The van der Waals surface area contributed by atoms with Gasteiger partial charge in [-0.2, -0.15) is 5.10 Å². The molecule has 0 aliphatic carbocycles. The van der Waals surface area contributed by atoms with Gasteiger partial charge in [0.25, 0.3) is 0 Å². The summed E-state index contributed by atoms with van der Waals surface area (Å²) in [5.41, 5.74) is 5.33. The lowest BCUT2D eigenvalue weighted by Crippen LogP contribution is -2.15. The molecule has 3 aromatic heterocycles. The Bertz CT molecular complexity index is 1470. The fourth-order valence-electron chi connectivity index (χ4n) is 3.74. The molecular weight excluding hydrogens is 446 g/mol. The van der Waals surface area contributed by atoms with E-state index in [0.29, 0.717) is 11.6 Å². The van der Waals surface area contributed by atoms with Crippen molar-refractivity contribution in [3.05, 3.63) is 83.9 Å². The lowest BCUT2D eigenvalue weighted by Gasteiger charge is -2.09. The van der Waals surface area contributed by atoms with Gasteiger partial charge in [0.05, 0.1) is 40.3 Å². The molecule has 0 aliphatic heterocycles. The number of benzene rings is 2. The zero-order valence-corrected chi connectivity index (χ0v) is 19.9. The number of aryl methyl sites for hydroxylation is 2. The van der Waals surface area contributed by atoms with Crippen molar-refractivity contribution >= 4 is 34.3 Å². The highest BCUT2D eigenvalue weighted by atomic mass is 32.2. The first kappa shape index (κ1) is 21.9. The van der Waals surface area contributed by atoms with E-state index >= 15 is 0 Å². The molecule has 170 valence electrons. The Morgan fingerprint density at radius 1 is 1.00 bits per heavy atom. The third-order valence-corrected chi connectivity index (χ3v) is 6.48. The number of anilines is 1. The number of nitrogens with one attached hydrogen (secondary N) is 1. The number of amides is 1. The second-order valence-electron chi connectivity index (χ2n) is 7.98. The van der Waals surface area contributed by atoms with Crippen molar-refractivity contribution in [1.29, 1.82) is 0 Å². The Balaban J connectivity index is 1.36. The van der Waals surface area contributed by atoms with E-state index in [1.54, 1.807) is 12.3 Å². The number of hydrogen-bond donors (Lipinski definition) is 1. The molecule has 0 aliphatic rings. The smallest absolute Gasteiger partial charge is 0.234 e. The van der Waals surface area contributed by atoms with Gasteiger partial charge in [-0.15, -0.1) is 0 Å². The van der Waals surface area contributed by atoms with Gasteiger partial charge in [0.2, 0.25) is 5.91 Å². The van der Waals surface area contributed by atoms with Crippen molar-refractivity contribution in [3.8, 4) is 17.3 Å². The van der Waals surface area contributed by atoms with Gasteiger partial charge in [0, 0.05) is 5.39 Å². The normalized spacial score (nSPS) is 11.1. The number of thioether (sulfide) groups is 1. The number of carbonyl (C=O) groups excluding carboxylic acids is 1. The Hall–Kier alpha value is -3.91. The average Bonchev–Trinajstić information content (AvgIpc) is 3.48. The summed E-state index contributed by atoms with van der Waals surface area (Å²) < 4.78 is 7.33. The molecule has 0 bridgehead atoms. The van der Waals surface area contributed by atoms with Crippen LogP contribution in [-0.4, -0.2) is 31.4 Å². The predicted molar refractivity (Wildman–Crippen MR) is 134 cm³/mol. The van der Waals surface area contributed by atoms with Gasteiger partial charge >= 0.3 is 0 Å². The number of aromatic nitrogens is 4. The molecule has 0 saturated heterocycles. The van der Waals surface area contributed by atoms with Crippen LogP contribution in [0.25, 0.3) is 28.2 Å². The van der Waals surface area contributed by atoms with Crippen LogP contribution in [0.1, 0.15) is 17.0 Å². The molecule has 0 spiro atoms. The average molecular weight is 470 g/mol. The van der Waals surface area contributed by atoms with Crippen LogP contribution in [0, 0.1) is 20.8 Å². The number of hydrogen-bond acceptors (Lipinski definition) is 6. The highest BCUT2D eigenvalue weighted by Crippen LogP contribution is 2.29. The van der Waals surface area contributed by atoms with Crippen molar-refractivity contribution in [1.82, 2.24) is 19.7 Å². The molecule has 0 atom stereocenters. The Morgan fingerprint density at radius 2 is 1.79 bits per heavy atom. The molecule has 3 heterocycles. The van der Waals surface area contributed by atoms with Crippen LogP contribution in [0.15, 0.2) is 76.4 Å². The molecule has 5 aromatic rings. The molecule has 1 amide bonds. The molecular formula is C26H23N5O2S. The zero-order valence-electron chi connectivity index (χ0n) is 19.1. The van der Waals surface area contributed by atoms with Crippen molar-refractivity contribution in [2.75, 3.05) is 11.1 Å². The molecule has 34 heavy (non-hydrogen) atoms. The summed E-state index contributed by atoms with van der Waals surface area (Å²) >= 11 is 1.37. The summed E-state index contributed by atoms with van der Waals surface area (Å²) in [7, 11) is 0. The van der Waals surface area contributed by atoms with Gasteiger partial charge in [-0.05, 0) is 51.1 Å². The minimum absolute atomic E-state index is 0.123. The third-order valence-electron chi connectivity index (χ3n) is 5.48. The maximum absolute atomic E-state index is 12.9. The van der Waals surface area contributed by atoms with E-state index < -0.39 is 0 Å². The first-order chi connectivity index (χ1) is 16.5. The van der Waals surface area contributed by atoms with Crippen molar-refractivity contribution in [2.24, 2.45) is 0 Å². The quantitative estimate of drug-likeness (QED) is 0.252. The highest BCUT2D eigenvalue weighted by Gasteiger charge is 2.17. The number of para-hydroxylation sites is 1. The van der Waals surface area contributed by atoms with E-state index in [0.717, 1.165) is 38.7 Å². The second kappa shape index (κ2) is 9.15. The number of nitrogens with zero attached hydrogens (tertiary/aromatic N) is 4. The Labute approximate surface area is 201 Å². The molecule has 0 unspecified atom stereocenters.